The number of benzene rings is 1. The van der Waals surface area contributed by atoms with E-state index in [4.69, 9.17) is 9.52 Å². The molecule has 0 saturated carbocycles. The van der Waals surface area contributed by atoms with Crippen LogP contribution in [0.3, 0.4) is 0 Å². The zero-order chi connectivity index (χ0) is 13.1. The molecule has 2 aromatic rings. The number of fused-ring (bicyclic) bond motifs is 1. The third-order valence-corrected chi connectivity index (χ3v) is 2.31. The standard InChI is InChI=1S/C11H11N3O4/c1-12-9(15)5-13-11-14-7-3-2-6(10(16)17)4-8(7)18-11/h2-4H,5H2,1H3,(H,12,15)(H,13,14)(H,16,17). The molecule has 0 fully saturated rings. The molecule has 1 aromatic carbocycles. The van der Waals surface area contributed by atoms with E-state index in [1.807, 2.05) is 0 Å². The van der Waals surface area contributed by atoms with Gasteiger partial charge in [0.05, 0.1) is 12.1 Å². The van der Waals surface area contributed by atoms with Gasteiger partial charge in [-0.05, 0) is 18.2 Å². The Morgan fingerprint density at radius 3 is 2.89 bits per heavy atom. The molecule has 0 aliphatic carbocycles. The van der Waals surface area contributed by atoms with Crippen LogP contribution in [0.25, 0.3) is 11.1 Å². The summed E-state index contributed by atoms with van der Waals surface area (Å²) in [4.78, 5) is 25.9. The molecule has 7 heteroatoms. The predicted octanol–water partition coefficient (Wildman–Crippen LogP) is 0.684. The highest BCUT2D eigenvalue weighted by atomic mass is 16.4. The Labute approximate surface area is 102 Å². The van der Waals surface area contributed by atoms with Gasteiger partial charge in [-0.15, -0.1) is 0 Å². The number of amides is 1. The lowest BCUT2D eigenvalue weighted by atomic mass is 10.2. The summed E-state index contributed by atoms with van der Waals surface area (Å²) in [5.41, 5.74) is 1.00. The van der Waals surface area contributed by atoms with E-state index in [1.165, 1.54) is 19.2 Å². The molecule has 0 unspecified atom stereocenters. The zero-order valence-electron chi connectivity index (χ0n) is 9.56. The van der Waals surface area contributed by atoms with Gasteiger partial charge in [-0.2, -0.15) is 4.98 Å². The number of nitrogens with zero attached hydrogens (tertiary/aromatic N) is 1. The van der Waals surface area contributed by atoms with Gasteiger partial charge in [-0.25, -0.2) is 4.79 Å². The molecule has 0 saturated heterocycles. The number of carboxylic acid groups (broad SMARTS) is 1. The Morgan fingerprint density at radius 2 is 2.22 bits per heavy atom. The number of aromatic nitrogens is 1. The van der Waals surface area contributed by atoms with Gasteiger partial charge in [0.2, 0.25) is 5.91 Å². The first-order valence-electron chi connectivity index (χ1n) is 5.18. The second-order valence-corrected chi connectivity index (χ2v) is 3.53. The number of carbonyl (C=O) groups excluding carboxylic acids is 1. The Morgan fingerprint density at radius 1 is 1.44 bits per heavy atom. The van der Waals surface area contributed by atoms with Crippen molar-refractivity contribution in [3.05, 3.63) is 23.8 Å². The maximum absolute atomic E-state index is 11.0. The first-order valence-corrected chi connectivity index (χ1v) is 5.18. The lowest BCUT2D eigenvalue weighted by molar-refractivity contribution is -0.118. The number of carboxylic acids is 1. The molecule has 3 N–H and O–H groups in total. The average Bonchev–Trinajstić information content (AvgIpc) is 2.77. The van der Waals surface area contributed by atoms with Crippen LogP contribution in [0.1, 0.15) is 10.4 Å². The number of rotatable bonds is 4. The van der Waals surface area contributed by atoms with Crippen LogP contribution >= 0.6 is 0 Å². The van der Waals surface area contributed by atoms with Crippen LogP contribution in [-0.2, 0) is 4.79 Å². The molecule has 2 rings (SSSR count). The Hall–Kier alpha value is -2.57. The van der Waals surface area contributed by atoms with Crippen molar-refractivity contribution in [2.24, 2.45) is 0 Å². The SMILES string of the molecule is CNC(=O)CNc1nc2ccc(C(=O)O)cc2o1. The third-order valence-electron chi connectivity index (χ3n) is 2.31. The summed E-state index contributed by atoms with van der Waals surface area (Å²) in [7, 11) is 1.52. The van der Waals surface area contributed by atoms with Gasteiger partial charge in [-0.1, -0.05) is 0 Å². The van der Waals surface area contributed by atoms with Crippen molar-refractivity contribution >= 4 is 29.0 Å². The largest absolute Gasteiger partial charge is 0.478 e. The first kappa shape index (κ1) is 11.9. The minimum atomic E-state index is -1.03. The van der Waals surface area contributed by atoms with E-state index in [2.05, 4.69) is 15.6 Å². The fourth-order valence-corrected chi connectivity index (χ4v) is 1.38. The maximum Gasteiger partial charge on any atom is 0.335 e. The molecule has 1 amide bonds. The van der Waals surface area contributed by atoms with Crippen molar-refractivity contribution < 1.29 is 19.1 Å². The summed E-state index contributed by atoms with van der Waals surface area (Å²) in [6.07, 6.45) is 0. The fourth-order valence-electron chi connectivity index (χ4n) is 1.38. The molecule has 1 aromatic heterocycles. The van der Waals surface area contributed by atoms with Gasteiger partial charge < -0.3 is 20.2 Å². The normalized spacial score (nSPS) is 10.3. The minimum Gasteiger partial charge on any atom is -0.478 e. The van der Waals surface area contributed by atoms with Crippen molar-refractivity contribution in [3.63, 3.8) is 0 Å². The Kier molecular flexibility index (Phi) is 3.13. The van der Waals surface area contributed by atoms with Crippen molar-refractivity contribution in [1.29, 1.82) is 0 Å². The van der Waals surface area contributed by atoms with Crippen molar-refractivity contribution in [2.45, 2.75) is 0 Å². The van der Waals surface area contributed by atoms with Gasteiger partial charge in [0.15, 0.2) is 5.58 Å². The number of carbonyl (C=O) groups is 2. The zero-order valence-corrected chi connectivity index (χ0v) is 9.56. The summed E-state index contributed by atoms with van der Waals surface area (Å²) < 4.78 is 5.29. The quantitative estimate of drug-likeness (QED) is 0.736. The number of hydrogen-bond acceptors (Lipinski definition) is 5. The Balaban J connectivity index is 2.22. The second kappa shape index (κ2) is 4.74. The second-order valence-electron chi connectivity index (χ2n) is 3.53. The minimum absolute atomic E-state index is 0.0368. The molecule has 1 heterocycles. The van der Waals surface area contributed by atoms with E-state index in [9.17, 15) is 9.59 Å². The molecular formula is C11H11N3O4. The molecule has 0 aliphatic heterocycles. The maximum atomic E-state index is 11.0. The van der Waals surface area contributed by atoms with Crippen molar-refractivity contribution in [2.75, 3.05) is 18.9 Å². The number of likely N-dealkylation sites (N-methyl/N-ethyl adjacent to an activating group) is 1. The number of oxazole rings is 1. The van der Waals surface area contributed by atoms with Crippen LogP contribution < -0.4 is 10.6 Å². The van der Waals surface area contributed by atoms with Crippen LogP contribution in [0.2, 0.25) is 0 Å². The lowest BCUT2D eigenvalue weighted by Gasteiger charge is -1.98. The molecular weight excluding hydrogens is 238 g/mol. The summed E-state index contributed by atoms with van der Waals surface area (Å²) in [5, 5.41) is 14.0. The number of nitrogens with one attached hydrogen (secondary N) is 2. The predicted molar refractivity (Wildman–Crippen MR) is 63.5 cm³/mol. The Bertz CT molecular complexity index is 605. The van der Waals surface area contributed by atoms with Crippen molar-refractivity contribution in [1.82, 2.24) is 10.3 Å². The molecule has 0 radical (unpaired) electrons. The monoisotopic (exact) mass is 249 g/mol. The highest BCUT2D eigenvalue weighted by Crippen LogP contribution is 2.20. The molecule has 0 atom stereocenters. The fraction of sp³-hybridized carbons (Fsp3) is 0.182. The van der Waals surface area contributed by atoms with Gasteiger partial charge in [0, 0.05) is 7.05 Å². The van der Waals surface area contributed by atoms with Gasteiger partial charge in [-0.3, -0.25) is 4.79 Å². The molecule has 0 aliphatic rings. The van der Waals surface area contributed by atoms with Crippen LogP contribution in [0.15, 0.2) is 22.6 Å². The highest BCUT2D eigenvalue weighted by molar-refractivity contribution is 5.92. The molecule has 18 heavy (non-hydrogen) atoms. The molecule has 0 spiro atoms. The third kappa shape index (κ3) is 2.40. The van der Waals surface area contributed by atoms with Gasteiger partial charge in [0.25, 0.3) is 6.01 Å². The van der Waals surface area contributed by atoms with E-state index in [-0.39, 0.29) is 24.0 Å². The lowest BCUT2D eigenvalue weighted by Crippen LogP contribution is -2.26. The number of anilines is 1. The molecule has 94 valence electrons. The summed E-state index contributed by atoms with van der Waals surface area (Å²) in [5.74, 6) is -1.24. The van der Waals surface area contributed by atoms with Crippen LogP contribution in [-0.4, -0.2) is 35.6 Å². The highest BCUT2D eigenvalue weighted by Gasteiger charge is 2.10. The molecule has 0 bridgehead atoms. The van der Waals surface area contributed by atoms with E-state index < -0.39 is 5.97 Å². The van der Waals surface area contributed by atoms with E-state index >= 15 is 0 Å². The van der Waals surface area contributed by atoms with Crippen LogP contribution in [0.4, 0.5) is 6.01 Å². The summed E-state index contributed by atoms with van der Waals surface area (Å²) >= 11 is 0. The molecule has 7 nitrogen and oxygen atoms in total. The van der Waals surface area contributed by atoms with E-state index in [0.717, 1.165) is 0 Å². The van der Waals surface area contributed by atoms with Crippen LogP contribution in [0, 0.1) is 0 Å². The number of aromatic carboxylic acids is 1. The topological polar surface area (TPSA) is 104 Å². The van der Waals surface area contributed by atoms with Gasteiger partial charge in [0.1, 0.15) is 5.52 Å². The van der Waals surface area contributed by atoms with Crippen molar-refractivity contribution in [3.8, 4) is 0 Å². The van der Waals surface area contributed by atoms with E-state index in [0.29, 0.717) is 11.1 Å². The van der Waals surface area contributed by atoms with Gasteiger partial charge >= 0.3 is 5.97 Å². The van der Waals surface area contributed by atoms with Crippen LogP contribution in [0.5, 0.6) is 0 Å². The summed E-state index contributed by atoms with van der Waals surface area (Å²) in [6, 6.07) is 4.55. The van der Waals surface area contributed by atoms with E-state index in [1.54, 1.807) is 6.07 Å². The first-order chi connectivity index (χ1) is 8.60. The smallest absolute Gasteiger partial charge is 0.335 e. The summed E-state index contributed by atoms with van der Waals surface area (Å²) in [6.45, 7) is 0.0368. The average molecular weight is 249 g/mol. The number of hydrogen-bond donors (Lipinski definition) is 3.